The second kappa shape index (κ2) is 6.95. The minimum absolute atomic E-state index is 0.0745. The number of amides is 1. The molecule has 0 aliphatic carbocycles. The number of carbonyl (C=O) groups is 1. The van der Waals surface area contributed by atoms with Gasteiger partial charge in [-0.05, 0) is 56.0 Å². The standard InChI is InChI=1S/C21H28N2O2/c1-14(2)18-10-15(3)11-19(12-18)22-7-8-23(16(4)13-22)21(24)20-6-9-25-17(20)5/h6,9-12,14,16H,7-8,13H2,1-5H3/t16-/m1/s1. The lowest BCUT2D eigenvalue weighted by atomic mass is 9.99. The number of hydrogen-bond donors (Lipinski definition) is 0. The maximum absolute atomic E-state index is 12.8. The van der Waals surface area contributed by atoms with Crippen molar-refractivity contribution in [1.29, 1.82) is 0 Å². The molecule has 1 aromatic carbocycles. The summed E-state index contributed by atoms with van der Waals surface area (Å²) in [5.41, 5.74) is 4.61. The van der Waals surface area contributed by atoms with Crippen molar-refractivity contribution in [1.82, 2.24) is 4.90 Å². The molecule has 1 fully saturated rings. The fourth-order valence-corrected chi connectivity index (χ4v) is 3.56. The van der Waals surface area contributed by atoms with Crippen molar-refractivity contribution < 1.29 is 9.21 Å². The number of carbonyl (C=O) groups excluding carboxylic acids is 1. The molecule has 1 aromatic heterocycles. The first kappa shape index (κ1) is 17.6. The molecule has 4 nitrogen and oxygen atoms in total. The average Bonchev–Trinajstić information content (AvgIpc) is 2.99. The molecule has 25 heavy (non-hydrogen) atoms. The number of aryl methyl sites for hydroxylation is 2. The van der Waals surface area contributed by atoms with Gasteiger partial charge >= 0.3 is 0 Å². The molecule has 4 heteroatoms. The molecule has 0 bridgehead atoms. The van der Waals surface area contributed by atoms with Gasteiger partial charge in [0.1, 0.15) is 5.76 Å². The minimum atomic E-state index is 0.0745. The lowest BCUT2D eigenvalue weighted by molar-refractivity contribution is 0.0672. The van der Waals surface area contributed by atoms with Gasteiger partial charge in [-0.1, -0.05) is 19.9 Å². The Morgan fingerprint density at radius 1 is 1.20 bits per heavy atom. The first-order valence-electron chi connectivity index (χ1n) is 9.08. The Bertz CT molecular complexity index is 763. The summed E-state index contributed by atoms with van der Waals surface area (Å²) in [6.45, 7) is 13.0. The molecule has 2 heterocycles. The molecule has 3 rings (SSSR count). The van der Waals surface area contributed by atoms with Crippen molar-refractivity contribution in [3.63, 3.8) is 0 Å². The first-order valence-corrected chi connectivity index (χ1v) is 9.08. The Morgan fingerprint density at radius 3 is 2.56 bits per heavy atom. The van der Waals surface area contributed by atoms with Gasteiger partial charge in [0, 0.05) is 31.4 Å². The van der Waals surface area contributed by atoms with Gasteiger partial charge in [-0.15, -0.1) is 0 Å². The van der Waals surface area contributed by atoms with Crippen LogP contribution in [0.25, 0.3) is 0 Å². The maximum atomic E-state index is 12.8. The summed E-state index contributed by atoms with van der Waals surface area (Å²) >= 11 is 0. The number of rotatable bonds is 3. The number of hydrogen-bond acceptors (Lipinski definition) is 3. The van der Waals surface area contributed by atoms with Gasteiger partial charge in [0.25, 0.3) is 5.91 Å². The zero-order chi connectivity index (χ0) is 18.1. The molecule has 0 radical (unpaired) electrons. The Morgan fingerprint density at radius 2 is 1.96 bits per heavy atom. The van der Waals surface area contributed by atoms with Gasteiger partial charge in [-0.25, -0.2) is 0 Å². The number of nitrogens with zero attached hydrogens (tertiary/aromatic N) is 2. The predicted molar refractivity (Wildman–Crippen MR) is 101 cm³/mol. The van der Waals surface area contributed by atoms with Crippen LogP contribution in [0.5, 0.6) is 0 Å². The molecule has 1 aliphatic heterocycles. The molecule has 0 saturated carbocycles. The van der Waals surface area contributed by atoms with Crippen molar-refractivity contribution in [2.24, 2.45) is 0 Å². The summed E-state index contributed by atoms with van der Waals surface area (Å²) in [5, 5.41) is 0. The van der Waals surface area contributed by atoms with Gasteiger partial charge in [0.15, 0.2) is 0 Å². The van der Waals surface area contributed by atoms with E-state index in [1.54, 1.807) is 12.3 Å². The van der Waals surface area contributed by atoms with E-state index in [-0.39, 0.29) is 11.9 Å². The summed E-state index contributed by atoms with van der Waals surface area (Å²) in [7, 11) is 0. The molecule has 1 amide bonds. The van der Waals surface area contributed by atoms with Crippen LogP contribution in [0, 0.1) is 13.8 Å². The highest BCUT2D eigenvalue weighted by Crippen LogP contribution is 2.26. The van der Waals surface area contributed by atoms with Crippen LogP contribution >= 0.6 is 0 Å². The lowest BCUT2D eigenvalue weighted by Crippen LogP contribution is -2.54. The van der Waals surface area contributed by atoms with Gasteiger partial charge in [-0.2, -0.15) is 0 Å². The highest BCUT2D eigenvalue weighted by Gasteiger charge is 2.29. The molecule has 2 aromatic rings. The predicted octanol–water partition coefficient (Wildman–Crippen LogP) is 4.37. The van der Waals surface area contributed by atoms with Gasteiger partial charge in [-0.3, -0.25) is 4.79 Å². The minimum Gasteiger partial charge on any atom is -0.469 e. The highest BCUT2D eigenvalue weighted by atomic mass is 16.3. The topological polar surface area (TPSA) is 36.7 Å². The van der Waals surface area contributed by atoms with E-state index >= 15 is 0 Å². The maximum Gasteiger partial charge on any atom is 0.257 e. The molecule has 1 saturated heterocycles. The van der Waals surface area contributed by atoms with Gasteiger partial charge in [0.2, 0.25) is 0 Å². The van der Waals surface area contributed by atoms with E-state index in [4.69, 9.17) is 4.42 Å². The third kappa shape index (κ3) is 3.58. The van der Waals surface area contributed by atoms with Crippen molar-refractivity contribution in [2.45, 2.75) is 46.6 Å². The zero-order valence-corrected chi connectivity index (χ0v) is 15.9. The van der Waals surface area contributed by atoms with Crippen LogP contribution < -0.4 is 4.90 Å². The van der Waals surface area contributed by atoms with E-state index in [0.717, 1.165) is 19.6 Å². The summed E-state index contributed by atoms with van der Waals surface area (Å²) in [5.74, 6) is 1.29. The fraction of sp³-hybridized carbons (Fsp3) is 0.476. The van der Waals surface area contributed by atoms with Gasteiger partial charge < -0.3 is 14.2 Å². The number of furan rings is 1. The van der Waals surface area contributed by atoms with E-state index in [9.17, 15) is 4.79 Å². The number of piperazine rings is 1. The summed E-state index contributed by atoms with van der Waals surface area (Å²) in [6, 6.07) is 8.74. The van der Waals surface area contributed by atoms with E-state index in [1.807, 2.05) is 11.8 Å². The average molecular weight is 340 g/mol. The van der Waals surface area contributed by atoms with Crippen LogP contribution in [-0.2, 0) is 0 Å². The normalized spacial score (nSPS) is 18.1. The lowest BCUT2D eigenvalue weighted by Gasteiger charge is -2.41. The fourth-order valence-electron chi connectivity index (χ4n) is 3.56. The Balaban J connectivity index is 1.76. The van der Waals surface area contributed by atoms with Crippen LogP contribution in [0.3, 0.4) is 0 Å². The summed E-state index contributed by atoms with van der Waals surface area (Å²) < 4.78 is 5.29. The molecule has 0 spiro atoms. The van der Waals surface area contributed by atoms with Crippen molar-refractivity contribution in [2.75, 3.05) is 24.5 Å². The van der Waals surface area contributed by atoms with E-state index < -0.39 is 0 Å². The van der Waals surface area contributed by atoms with Crippen LogP contribution in [0.2, 0.25) is 0 Å². The highest BCUT2D eigenvalue weighted by molar-refractivity contribution is 5.95. The smallest absolute Gasteiger partial charge is 0.257 e. The molecule has 134 valence electrons. The summed E-state index contributed by atoms with van der Waals surface area (Å²) in [4.78, 5) is 17.1. The van der Waals surface area contributed by atoms with Crippen molar-refractivity contribution >= 4 is 11.6 Å². The van der Waals surface area contributed by atoms with Gasteiger partial charge in [0.05, 0.1) is 11.8 Å². The first-order chi connectivity index (χ1) is 11.9. The third-order valence-corrected chi connectivity index (χ3v) is 5.09. The Hall–Kier alpha value is -2.23. The van der Waals surface area contributed by atoms with Crippen molar-refractivity contribution in [3.05, 3.63) is 53.0 Å². The Labute approximate surface area is 150 Å². The number of anilines is 1. The zero-order valence-electron chi connectivity index (χ0n) is 15.9. The molecule has 1 aliphatic rings. The van der Waals surface area contributed by atoms with Crippen molar-refractivity contribution in [3.8, 4) is 0 Å². The Kier molecular flexibility index (Phi) is 4.89. The van der Waals surface area contributed by atoms with Crippen LogP contribution in [0.1, 0.15) is 53.9 Å². The van der Waals surface area contributed by atoms with E-state index in [0.29, 0.717) is 17.2 Å². The SMILES string of the molecule is Cc1cc(C(C)C)cc(N2CCN(C(=O)c3ccoc3C)[C@H](C)C2)c1. The van der Waals surface area contributed by atoms with E-state index in [2.05, 4.69) is 50.8 Å². The second-order valence-electron chi connectivity index (χ2n) is 7.44. The second-order valence-corrected chi connectivity index (χ2v) is 7.44. The molecule has 0 unspecified atom stereocenters. The van der Waals surface area contributed by atoms with Crippen LogP contribution in [-0.4, -0.2) is 36.5 Å². The largest absolute Gasteiger partial charge is 0.469 e. The molecular formula is C21H28N2O2. The third-order valence-electron chi connectivity index (χ3n) is 5.09. The molecule has 0 N–H and O–H groups in total. The number of benzene rings is 1. The quantitative estimate of drug-likeness (QED) is 0.832. The monoisotopic (exact) mass is 340 g/mol. The summed E-state index contributed by atoms with van der Waals surface area (Å²) in [6.07, 6.45) is 1.59. The van der Waals surface area contributed by atoms with Crippen LogP contribution in [0.15, 0.2) is 34.9 Å². The van der Waals surface area contributed by atoms with Crippen LogP contribution in [0.4, 0.5) is 5.69 Å². The molecule has 1 atom stereocenters. The molecular weight excluding hydrogens is 312 g/mol. The van der Waals surface area contributed by atoms with E-state index in [1.165, 1.54) is 16.8 Å².